The molecule has 216 valence electrons. The number of rotatable bonds is 7. The molecule has 2 aromatic carbocycles. The lowest BCUT2D eigenvalue weighted by Crippen LogP contribution is -2.46. The van der Waals surface area contributed by atoms with E-state index in [1.54, 1.807) is 12.1 Å². The zero-order valence-electron chi connectivity index (χ0n) is 23.2. The Morgan fingerprint density at radius 2 is 1.57 bits per heavy atom. The summed E-state index contributed by atoms with van der Waals surface area (Å²) in [6.45, 7) is 5.73. The van der Waals surface area contributed by atoms with Crippen LogP contribution in [0, 0.1) is 17.3 Å². The Balaban J connectivity index is 0.00000323. The van der Waals surface area contributed by atoms with Gasteiger partial charge in [-0.3, -0.25) is 9.59 Å². The number of nitrogens with zero attached hydrogens (tertiary/aromatic N) is 3. The standard InChI is InChI=1S/C31H39N3O4S.ClH/c1-39(37,38)27-11-7-23(8-12-27)19-33-18-15-31(30(33)36)13-16-32(17-14-31)20-26-21-34(29(35)25-9-10-25)22-28(26)24-5-3-2-4-6-24;/h2-8,11-12,25-26,28H,9-10,13-22H2,1H3;1H. The SMILES string of the molecule is CS(=O)(=O)c1ccc(CN2CCC3(CCN(CC4CN(C(=O)C5CC5)CC4c4ccccc4)CC3)C2=O)cc1.Cl. The molecule has 6 rings (SSSR count). The lowest BCUT2D eigenvalue weighted by atomic mass is 9.76. The first-order valence-electron chi connectivity index (χ1n) is 14.4. The molecule has 0 N–H and O–H groups in total. The molecule has 0 aromatic heterocycles. The number of amides is 2. The van der Waals surface area contributed by atoms with Gasteiger partial charge < -0.3 is 14.7 Å². The van der Waals surface area contributed by atoms with E-state index in [0.717, 1.165) is 76.9 Å². The zero-order valence-corrected chi connectivity index (χ0v) is 24.8. The van der Waals surface area contributed by atoms with Crippen molar-refractivity contribution in [3.05, 3.63) is 65.7 Å². The van der Waals surface area contributed by atoms with Crippen molar-refractivity contribution in [2.75, 3.05) is 45.5 Å². The molecule has 0 bridgehead atoms. The average Bonchev–Trinajstić information content (AvgIpc) is 3.65. The van der Waals surface area contributed by atoms with Crippen molar-refractivity contribution >= 4 is 34.1 Å². The van der Waals surface area contributed by atoms with Crippen molar-refractivity contribution in [3.8, 4) is 0 Å². The summed E-state index contributed by atoms with van der Waals surface area (Å²) >= 11 is 0. The van der Waals surface area contributed by atoms with Gasteiger partial charge in [0, 0.05) is 50.8 Å². The van der Waals surface area contributed by atoms with Crippen LogP contribution in [0.3, 0.4) is 0 Å². The van der Waals surface area contributed by atoms with Gasteiger partial charge in [-0.2, -0.15) is 0 Å². The summed E-state index contributed by atoms with van der Waals surface area (Å²) in [6, 6.07) is 17.5. The fourth-order valence-corrected chi connectivity index (χ4v) is 7.60. The minimum absolute atomic E-state index is 0. The van der Waals surface area contributed by atoms with E-state index in [1.165, 1.54) is 11.8 Å². The van der Waals surface area contributed by atoms with Crippen LogP contribution < -0.4 is 0 Å². The van der Waals surface area contributed by atoms with Crippen LogP contribution in [-0.4, -0.2) is 80.5 Å². The van der Waals surface area contributed by atoms with Gasteiger partial charge in [-0.05, 0) is 74.4 Å². The summed E-state index contributed by atoms with van der Waals surface area (Å²) in [5.41, 5.74) is 2.02. The number of carbonyl (C=O) groups is 2. The monoisotopic (exact) mass is 585 g/mol. The van der Waals surface area contributed by atoms with Crippen LogP contribution in [0.5, 0.6) is 0 Å². The van der Waals surface area contributed by atoms with Gasteiger partial charge in [-0.1, -0.05) is 42.5 Å². The number of benzene rings is 2. The van der Waals surface area contributed by atoms with E-state index < -0.39 is 9.84 Å². The van der Waals surface area contributed by atoms with Gasteiger partial charge in [0.25, 0.3) is 0 Å². The first-order valence-corrected chi connectivity index (χ1v) is 16.3. The van der Waals surface area contributed by atoms with E-state index in [1.807, 2.05) is 17.0 Å². The van der Waals surface area contributed by atoms with E-state index >= 15 is 0 Å². The molecule has 4 fully saturated rings. The number of hydrogen-bond donors (Lipinski definition) is 0. The Morgan fingerprint density at radius 3 is 2.20 bits per heavy atom. The fraction of sp³-hybridized carbons (Fsp3) is 0.548. The maximum Gasteiger partial charge on any atom is 0.229 e. The van der Waals surface area contributed by atoms with Gasteiger partial charge >= 0.3 is 0 Å². The zero-order chi connectivity index (χ0) is 27.2. The molecule has 1 aliphatic carbocycles. The maximum atomic E-state index is 13.6. The predicted octanol–water partition coefficient (Wildman–Crippen LogP) is 3.98. The summed E-state index contributed by atoms with van der Waals surface area (Å²) < 4.78 is 23.5. The Morgan fingerprint density at radius 1 is 0.925 bits per heavy atom. The first kappa shape index (κ1) is 29.1. The van der Waals surface area contributed by atoms with Gasteiger partial charge in [-0.25, -0.2) is 8.42 Å². The Bertz CT molecular complexity index is 1320. The van der Waals surface area contributed by atoms with Crippen molar-refractivity contribution in [1.29, 1.82) is 0 Å². The highest BCUT2D eigenvalue weighted by Gasteiger charge is 2.49. The molecule has 9 heteroatoms. The third kappa shape index (κ3) is 5.95. The van der Waals surface area contributed by atoms with Gasteiger partial charge in [0.05, 0.1) is 10.3 Å². The summed E-state index contributed by atoms with van der Waals surface area (Å²) in [6.07, 6.45) is 5.94. The van der Waals surface area contributed by atoms with Gasteiger partial charge in [-0.15, -0.1) is 12.4 Å². The first-order chi connectivity index (χ1) is 18.7. The summed E-state index contributed by atoms with van der Waals surface area (Å²) in [7, 11) is -3.23. The van der Waals surface area contributed by atoms with E-state index in [0.29, 0.717) is 29.2 Å². The molecule has 3 aliphatic heterocycles. The van der Waals surface area contributed by atoms with Crippen LogP contribution in [0.2, 0.25) is 0 Å². The molecule has 2 atom stereocenters. The molecule has 2 amide bonds. The van der Waals surface area contributed by atoms with E-state index in [9.17, 15) is 18.0 Å². The van der Waals surface area contributed by atoms with Crippen LogP contribution in [0.15, 0.2) is 59.5 Å². The van der Waals surface area contributed by atoms with Crippen LogP contribution >= 0.6 is 12.4 Å². The summed E-state index contributed by atoms with van der Waals surface area (Å²) in [5, 5.41) is 0. The highest BCUT2D eigenvalue weighted by atomic mass is 35.5. The number of likely N-dealkylation sites (tertiary alicyclic amines) is 3. The second-order valence-electron chi connectivity index (χ2n) is 12.3. The molecule has 3 heterocycles. The molecular weight excluding hydrogens is 546 g/mol. The Labute approximate surface area is 244 Å². The lowest BCUT2D eigenvalue weighted by molar-refractivity contribution is -0.139. The molecule has 4 aliphatic rings. The van der Waals surface area contributed by atoms with Crippen LogP contribution in [0.4, 0.5) is 0 Å². The number of halogens is 1. The van der Waals surface area contributed by atoms with Gasteiger partial charge in [0.2, 0.25) is 11.8 Å². The molecule has 2 unspecified atom stereocenters. The van der Waals surface area contributed by atoms with Crippen LogP contribution in [-0.2, 0) is 26.0 Å². The molecule has 1 spiro atoms. The molecule has 40 heavy (non-hydrogen) atoms. The van der Waals surface area contributed by atoms with E-state index in [2.05, 4.69) is 40.1 Å². The van der Waals surface area contributed by atoms with E-state index in [-0.39, 0.29) is 29.6 Å². The largest absolute Gasteiger partial charge is 0.341 e. The normalized spacial score (nSPS) is 24.9. The topological polar surface area (TPSA) is 78.0 Å². The highest BCUT2D eigenvalue weighted by Crippen LogP contribution is 2.43. The molecule has 0 radical (unpaired) electrons. The number of carbonyl (C=O) groups excluding carboxylic acids is 2. The second kappa shape index (κ2) is 11.5. The minimum atomic E-state index is -3.23. The molecule has 1 saturated carbocycles. The third-order valence-electron chi connectivity index (χ3n) is 9.54. The van der Waals surface area contributed by atoms with Crippen LogP contribution in [0.25, 0.3) is 0 Å². The molecule has 7 nitrogen and oxygen atoms in total. The van der Waals surface area contributed by atoms with Crippen molar-refractivity contribution in [3.63, 3.8) is 0 Å². The third-order valence-corrected chi connectivity index (χ3v) is 10.7. The van der Waals surface area contributed by atoms with Crippen molar-refractivity contribution in [2.45, 2.75) is 49.5 Å². The van der Waals surface area contributed by atoms with Crippen LogP contribution in [0.1, 0.15) is 49.1 Å². The van der Waals surface area contributed by atoms with Gasteiger partial charge in [0.1, 0.15) is 0 Å². The Kier molecular flexibility index (Phi) is 8.33. The summed E-state index contributed by atoms with van der Waals surface area (Å²) in [5.74, 6) is 1.62. The number of sulfone groups is 1. The second-order valence-corrected chi connectivity index (χ2v) is 14.3. The molecule has 3 saturated heterocycles. The predicted molar refractivity (Wildman–Crippen MR) is 157 cm³/mol. The van der Waals surface area contributed by atoms with Crippen molar-refractivity contribution in [1.82, 2.24) is 14.7 Å². The minimum Gasteiger partial charge on any atom is -0.341 e. The molecule has 2 aromatic rings. The highest BCUT2D eigenvalue weighted by molar-refractivity contribution is 7.90. The quantitative estimate of drug-likeness (QED) is 0.491. The smallest absolute Gasteiger partial charge is 0.229 e. The molecular formula is C31H40ClN3O4S. The van der Waals surface area contributed by atoms with Gasteiger partial charge in [0.15, 0.2) is 9.84 Å². The number of piperidine rings is 1. The fourth-order valence-electron chi connectivity index (χ4n) is 6.97. The maximum absolute atomic E-state index is 13.6. The van der Waals surface area contributed by atoms with Crippen molar-refractivity contribution < 1.29 is 18.0 Å². The lowest BCUT2D eigenvalue weighted by Gasteiger charge is -2.39. The van der Waals surface area contributed by atoms with E-state index in [4.69, 9.17) is 0 Å². The Hall–Kier alpha value is -2.42. The average molecular weight is 586 g/mol. The number of hydrogen-bond acceptors (Lipinski definition) is 5. The summed E-state index contributed by atoms with van der Waals surface area (Å²) in [4.78, 5) is 33.4. The van der Waals surface area contributed by atoms with Crippen molar-refractivity contribution in [2.24, 2.45) is 17.3 Å².